The van der Waals surface area contributed by atoms with E-state index in [0.29, 0.717) is 0 Å². The van der Waals surface area contributed by atoms with Gasteiger partial charge in [-0.25, -0.2) is 0 Å². The van der Waals surface area contributed by atoms with Gasteiger partial charge in [-0.3, -0.25) is 4.68 Å². The van der Waals surface area contributed by atoms with Gasteiger partial charge in [0, 0.05) is 11.6 Å². The average Bonchev–Trinajstić information content (AvgIpc) is 2.77. The van der Waals surface area contributed by atoms with Gasteiger partial charge < -0.3 is 5.32 Å². The van der Waals surface area contributed by atoms with E-state index >= 15 is 0 Å². The molecular weight excluding hydrogens is 350 g/mol. The van der Waals surface area contributed by atoms with Crippen molar-refractivity contribution in [2.45, 2.75) is 39.8 Å². The lowest BCUT2D eigenvalue weighted by Crippen LogP contribution is -2.25. The number of aromatic nitrogens is 2. The van der Waals surface area contributed by atoms with Crippen LogP contribution in [0.2, 0.25) is 5.02 Å². The van der Waals surface area contributed by atoms with E-state index < -0.39 is 0 Å². The van der Waals surface area contributed by atoms with Crippen molar-refractivity contribution in [1.82, 2.24) is 15.1 Å². The molecule has 0 aliphatic carbocycles. The van der Waals surface area contributed by atoms with Gasteiger partial charge in [-0.1, -0.05) is 31.5 Å². The highest BCUT2D eigenvalue weighted by atomic mass is 79.9. The smallest absolute Gasteiger partial charge is 0.0760 e. The molecule has 0 fully saturated rings. The molecule has 2 rings (SSSR count). The van der Waals surface area contributed by atoms with E-state index in [2.05, 4.69) is 57.9 Å². The molecule has 0 radical (unpaired) electrons. The average molecular weight is 371 g/mol. The highest BCUT2D eigenvalue weighted by molar-refractivity contribution is 9.10. The predicted molar refractivity (Wildman–Crippen MR) is 91.9 cm³/mol. The predicted octanol–water partition coefficient (Wildman–Crippen LogP) is 4.72. The standard InChI is InChI=1S/C16H21BrClN3/c1-4-6-21-16(14(17)10-20-21)15(19-5-2)12-7-11(3)8-13(18)9-12/h7-10,15,19H,4-6H2,1-3H3. The number of nitrogens with one attached hydrogen (secondary N) is 1. The van der Waals surface area contributed by atoms with Gasteiger partial charge in [0.1, 0.15) is 0 Å². The molecule has 1 unspecified atom stereocenters. The molecule has 2 aromatic rings. The van der Waals surface area contributed by atoms with E-state index in [4.69, 9.17) is 11.6 Å². The molecular formula is C16H21BrClN3. The Morgan fingerprint density at radius 1 is 1.33 bits per heavy atom. The van der Waals surface area contributed by atoms with Crippen LogP contribution in [0.3, 0.4) is 0 Å². The molecule has 0 aliphatic rings. The second-order valence-electron chi connectivity index (χ2n) is 5.15. The van der Waals surface area contributed by atoms with Gasteiger partial charge in [0.15, 0.2) is 0 Å². The van der Waals surface area contributed by atoms with Crippen molar-refractivity contribution in [3.05, 3.63) is 50.7 Å². The summed E-state index contributed by atoms with van der Waals surface area (Å²) in [5, 5.41) is 8.79. The van der Waals surface area contributed by atoms with Gasteiger partial charge in [-0.2, -0.15) is 5.10 Å². The van der Waals surface area contributed by atoms with Crippen LogP contribution < -0.4 is 5.32 Å². The van der Waals surface area contributed by atoms with Crippen LogP contribution in [0.1, 0.15) is 43.1 Å². The number of nitrogens with zero attached hydrogens (tertiary/aromatic N) is 2. The number of aryl methyl sites for hydroxylation is 2. The highest BCUT2D eigenvalue weighted by Gasteiger charge is 2.21. The molecule has 3 nitrogen and oxygen atoms in total. The highest BCUT2D eigenvalue weighted by Crippen LogP contribution is 2.30. The Balaban J connectivity index is 2.50. The largest absolute Gasteiger partial charge is 0.305 e. The van der Waals surface area contributed by atoms with Crippen LogP contribution in [0.25, 0.3) is 0 Å². The molecule has 1 N–H and O–H groups in total. The topological polar surface area (TPSA) is 29.9 Å². The van der Waals surface area contributed by atoms with Crippen LogP contribution in [0.15, 0.2) is 28.9 Å². The number of benzene rings is 1. The third-order valence-electron chi connectivity index (χ3n) is 3.35. The fourth-order valence-electron chi connectivity index (χ4n) is 2.56. The Bertz CT molecular complexity index is 589. The van der Waals surface area contributed by atoms with Gasteiger partial charge in [0.05, 0.1) is 22.4 Å². The zero-order valence-corrected chi connectivity index (χ0v) is 15.0. The van der Waals surface area contributed by atoms with Crippen LogP contribution in [0.4, 0.5) is 0 Å². The van der Waals surface area contributed by atoms with E-state index in [9.17, 15) is 0 Å². The molecule has 1 aromatic heterocycles. The second-order valence-corrected chi connectivity index (χ2v) is 6.44. The molecule has 114 valence electrons. The first-order valence-corrected chi connectivity index (χ1v) is 8.45. The summed E-state index contributed by atoms with van der Waals surface area (Å²) in [7, 11) is 0. The molecule has 21 heavy (non-hydrogen) atoms. The van der Waals surface area contributed by atoms with E-state index in [1.807, 2.05) is 18.3 Å². The maximum absolute atomic E-state index is 6.23. The summed E-state index contributed by atoms with van der Waals surface area (Å²) in [6, 6.07) is 6.26. The van der Waals surface area contributed by atoms with Crippen molar-refractivity contribution < 1.29 is 0 Å². The van der Waals surface area contributed by atoms with Gasteiger partial charge in [-0.05, 0) is 59.1 Å². The van der Waals surface area contributed by atoms with Crippen LogP contribution in [-0.2, 0) is 6.54 Å². The molecule has 0 amide bonds. The fourth-order valence-corrected chi connectivity index (χ4v) is 3.38. The number of hydrogen-bond donors (Lipinski definition) is 1. The minimum absolute atomic E-state index is 0.0795. The summed E-state index contributed by atoms with van der Waals surface area (Å²) in [6.45, 7) is 8.11. The van der Waals surface area contributed by atoms with Gasteiger partial charge >= 0.3 is 0 Å². The molecule has 1 aromatic carbocycles. The zero-order valence-electron chi connectivity index (χ0n) is 12.7. The van der Waals surface area contributed by atoms with Gasteiger partial charge in [-0.15, -0.1) is 0 Å². The van der Waals surface area contributed by atoms with E-state index in [1.165, 1.54) is 5.56 Å². The minimum atomic E-state index is 0.0795. The molecule has 1 heterocycles. The van der Waals surface area contributed by atoms with Crippen LogP contribution in [0, 0.1) is 6.92 Å². The number of halogens is 2. The maximum atomic E-state index is 6.23. The summed E-state index contributed by atoms with van der Waals surface area (Å²) in [5.41, 5.74) is 3.49. The van der Waals surface area contributed by atoms with Gasteiger partial charge in [0.25, 0.3) is 0 Å². The van der Waals surface area contributed by atoms with E-state index in [1.54, 1.807) is 0 Å². The lowest BCUT2D eigenvalue weighted by Gasteiger charge is -2.21. The van der Waals surface area contributed by atoms with Crippen LogP contribution >= 0.6 is 27.5 Å². The molecule has 1 atom stereocenters. The quantitative estimate of drug-likeness (QED) is 0.797. The van der Waals surface area contributed by atoms with Crippen LogP contribution in [-0.4, -0.2) is 16.3 Å². The van der Waals surface area contributed by atoms with Gasteiger partial charge in [0.2, 0.25) is 0 Å². The molecule has 0 saturated heterocycles. The minimum Gasteiger partial charge on any atom is -0.305 e. The molecule has 0 bridgehead atoms. The third kappa shape index (κ3) is 3.87. The second kappa shape index (κ2) is 7.43. The van der Waals surface area contributed by atoms with Crippen molar-refractivity contribution in [1.29, 1.82) is 0 Å². The van der Waals surface area contributed by atoms with Crippen LogP contribution in [0.5, 0.6) is 0 Å². The fraction of sp³-hybridized carbons (Fsp3) is 0.438. The van der Waals surface area contributed by atoms with Crippen molar-refractivity contribution >= 4 is 27.5 Å². The molecule has 0 aliphatic heterocycles. The third-order valence-corrected chi connectivity index (χ3v) is 4.18. The van der Waals surface area contributed by atoms with E-state index in [0.717, 1.165) is 40.3 Å². The van der Waals surface area contributed by atoms with Crippen molar-refractivity contribution in [3.8, 4) is 0 Å². The SMILES string of the molecule is CCCn1ncc(Br)c1C(NCC)c1cc(C)cc(Cl)c1. The summed E-state index contributed by atoms with van der Waals surface area (Å²) in [6.07, 6.45) is 2.92. The Kier molecular flexibility index (Phi) is 5.85. The lowest BCUT2D eigenvalue weighted by molar-refractivity contribution is 0.519. The summed E-state index contributed by atoms with van der Waals surface area (Å²) >= 11 is 9.87. The molecule has 0 spiro atoms. The van der Waals surface area contributed by atoms with Crippen molar-refractivity contribution in [2.24, 2.45) is 0 Å². The lowest BCUT2D eigenvalue weighted by atomic mass is 10.0. The first-order chi connectivity index (χ1) is 10.1. The Hall–Kier alpha value is -0.840. The molecule has 0 saturated carbocycles. The number of hydrogen-bond acceptors (Lipinski definition) is 2. The summed E-state index contributed by atoms with van der Waals surface area (Å²) < 4.78 is 3.09. The Morgan fingerprint density at radius 2 is 2.10 bits per heavy atom. The Labute approximate surface area is 139 Å². The summed E-state index contributed by atoms with van der Waals surface area (Å²) in [5.74, 6) is 0. The Morgan fingerprint density at radius 3 is 2.71 bits per heavy atom. The van der Waals surface area contributed by atoms with Crippen molar-refractivity contribution in [3.63, 3.8) is 0 Å². The van der Waals surface area contributed by atoms with E-state index in [-0.39, 0.29) is 6.04 Å². The molecule has 5 heteroatoms. The normalized spacial score (nSPS) is 12.6. The zero-order chi connectivity index (χ0) is 15.4. The van der Waals surface area contributed by atoms with Crippen molar-refractivity contribution in [2.75, 3.05) is 6.54 Å². The summed E-state index contributed by atoms with van der Waals surface area (Å²) in [4.78, 5) is 0. The first-order valence-electron chi connectivity index (χ1n) is 7.28. The monoisotopic (exact) mass is 369 g/mol. The maximum Gasteiger partial charge on any atom is 0.0760 e. The first kappa shape index (κ1) is 16.5. The number of rotatable bonds is 6.